The fourth-order valence-corrected chi connectivity index (χ4v) is 4.10. The van der Waals surface area contributed by atoms with Crippen LogP contribution in [-0.2, 0) is 12.7 Å². The molecule has 146 valence electrons. The predicted molar refractivity (Wildman–Crippen MR) is 95.2 cm³/mol. The molecule has 0 unspecified atom stereocenters. The Bertz CT molecular complexity index is 936. The molecule has 27 heavy (non-hydrogen) atoms. The average Bonchev–Trinajstić information content (AvgIpc) is 3.33. The van der Waals surface area contributed by atoms with Gasteiger partial charge in [-0.1, -0.05) is 19.9 Å². The summed E-state index contributed by atoms with van der Waals surface area (Å²) in [6.45, 7) is 6.71. The van der Waals surface area contributed by atoms with E-state index in [-0.39, 0.29) is 5.92 Å². The van der Waals surface area contributed by atoms with Crippen LogP contribution in [0.1, 0.15) is 59.1 Å². The Morgan fingerprint density at radius 2 is 2.00 bits per heavy atom. The third-order valence-corrected chi connectivity index (χ3v) is 6.07. The highest BCUT2D eigenvalue weighted by atomic mass is 32.1. The van der Waals surface area contributed by atoms with Crippen molar-refractivity contribution in [2.24, 2.45) is 10.9 Å². The predicted octanol–water partition coefficient (Wildman–Crippen LogP) is 5.29. The maximum atomic E-state index is 14.3. The van der Waals surface area contributed by atoms with E-state index in [0.717, 1.165) is 35.5 Å². The summed E-state index contributed by atoms with van der Waals surface area (Å²) >= 11 is 1.33. The van der Waals surface area contributed by atoms with Gasteiger partial charge in [0.2, 0.25) is 0 Å². The average molecular weight is 400 g/mol. The van der Waals surface area contributed by atoms with E-state index in [0.29, 0.717) is 23.3 Å². The lowest BCUT2D eigenvalue weighted by Gasteiger charge is -2.09. The van der Waals surface area contributed by atoms with Crippen LogP contribution in [0.3, 0.4) is 0 Å². The van der Waals surface area contributed by atoms with Crippen molar-refractivity contribution in [1.29, 1.82) is 0 Å². The van der Waals surface area contributed by atoms with Gasteiger partial charge in [0, 0.05) is 17.1 Å². The molecule has 1 heterocycles. The van der Waals surface area contributed by atoms with Crippen molar-refractivity contribution in [1.82, 2.24) is 4.57 Å². The van der Waals surface area contributed by atoms with E-state index < -0.39 is 29.0 Å². The Balaban J connectivity index is 2.07. The normalized spacial score (nSPS) is 15.6. The van der Waals surface area contributed by atoms with E-state index in [4.69, 9.17) is 0 Å². The van der Waals surface area contributed by atoms with Gasteiger partial charge < -0.3 is 4.57 Å². The van der Waals surface area contributed by atoms with Gasteiger partial charge in [0.25, 0.3) is 5.91 Å². The number of thiazole rings is 1. The van der Waals surface area contributed by atoms with E-state index in [2.05, 4.69) is 4.99 Å². The van der Waals surface area contributed by atoms with Crippen molar-refractivity contribution < 1.29 is 22.4 Å². The summed E-state index contributed by atoms with van der Waals surface area (Å²) in [6.07, 6.45) is -2.65. The lowest BCUT2D eigenvalue weighted by molar-refractivity contribution is -0.140. The Labute approximate surface area is 158 Å². The monoisotopic (exact) mass is 400 g/mol. The Kier molecular flexibility index (Phi) is 5.29. The van der Waals surface area contributed by atoms with E-state index in [1.165, 1.54) is 11.3 Å². The van der Waals surface area contributed by atoms with Crippen LogP contribution in [0.2, 0.25) is 0 Å². The van der Waals surface area contributed by atoms with Crippen molar-refractivity contribution in [3.63, 3.8) is 0 Å². The van der Waals surface area contributed by atoms with Crippen LogP contribution in [0.5, 0.6) is 0 Å². The number of amides is 1. The summed E-state index contributed by atoms with van der Waals surface area (Å²) in [5.74, 6) is -1.83. The molecule has 0 N–H and O–H groups in total. The van der Waals surface area contributed by atoms with Crippen LogP contribution in [-0.4, -0.2) is 10.5 Å². The number of hydrogen-bond acceptors (Lipinski definition) is 2. The molecule has 3 rings (SSSR count). The number of carbonyl (C=O) groups excluding carboxylic acids is 1. The van der Waals surface area contributed by atoms with Gasteiger partial charge in [0.15, 0.2) is 4.80 Å². The molecule has 0 radical (unpaired) electrons. The van der Waals surface area contributed by atoms with Crippen LogP contribution >= 0.6 is 11.3 Å². The summed E-state index contributed by atoms with van der Waals surface area (Å²) in [6, 6.07) is 2.67. The van der Waals surface area contributed by atoms with Crippen molar-refractivity contribution in [2.45, 2.75) is 52.3 Å². The highest BCUT2D eigenvalue weighted by Gasteiger charge is 2.35. The van der Waals surface area contributed by atoms with E-state index in [9.17, 15) is 22.4 Å². The number of benzene rings is 1. The molecular weight excluding hydrogens is 380 g/mol. The van der Waals surface area contributed by atoms with Gasteiger partial charge in [-0.05, 0) is 43.7 Å². The summed E-state index contributed by atoms with van der Waals surface area (Å²) < 4.78 is 54.9. The number of carbonyl (C=O) groups is 1. The molecule has 0 saturated heterocycles. The molecule has 1 aliphatic rings. The van der Waals surface area contributed by atoms with Crippen molar-refractivity contribution in [3.8, 4) is 0 Å². The summed E-state index contributed by atoms with van der Waals surface area (Å²) in [5, 5.41) is 0. The van der Waals surface area contributed by atoms with Gasteiger partial charge in [-0.3, -0.25) is 4.79 Å². The summed E-state index contributed by atoms with van der Waals surface area (Å²) in [7, 11) is 0. The van der Waals surface area contributed by atoms with E-state index in [1.54, 1.807) is 0 Å². The van der Waals surface area contributed by atoms with Crippen LogP contribution < -0.4 is 4.80 Å². The number of hydrogen-bond donors (Lipinski definition) is 0. The van der Waals surface area contributed by atoms with Crippen molar-refractivity contribution >= 4 is 17.2 Å². The lowest BCUT2D eigenvalue weighted by Crippen LogP contribution is -2.20. The number of halogens is 4. The standard InChI is InChI=1S/C19H20F4N2OS/c1-10(2)16-11(3)25(9-12-7-8-12)18(27-16)24-17(26)13-5-4-6-14(15(13)20)19(21,22)23/h4-6,10,12H,7-9H2,1-3H3. The topological polar surface area (TPSA) is 34.4 Å². The summed E-state index contributed by atoms with van der Waals surface area (Å²) in [4.78, 5) is 17.9. The minimum Gasteiger partial charge on any atom is -0.320 e. The molecule has 0 aliphatic heterocycles. The fourth-order valence-electron chi connectivity index (χ4n) is 2.96. The largest absolute Gasteiger partial charge is 0.419 e. The Morgan fingerprint density at radius 1 is 1.33 bits per heavy atom. The number of nitrogens with zero attached hydrogens (tertiary/aromatic N) is 2. The van der Waals surface area contributed by atoms with Gasteiger partial charge >= 0.3 is 6.18 Å². The maximum absolute atomic E-state index is 14.3. The van der Waals surface area contributed by atoms with Gasteiger partial charge in [-0.15, -0.1) is 11.3 Å². The Hall–Kier alpha value is -1.96. The van der Waals surface area contributed by atoms with Crippen LogP contribution in [0.25, 0.3) is 0 Å². The zero-order chi connectivity index (χ0) is 19.9. The second-order valence-corrected chi connectivity index (χ2v) is 8.13. The molecule has 0 atom stereocenters. The van der Waals surface area contributed by atoms with Gasteiger partial charge in [-0.25, -0.2) is 4.39 Å². The molecule has 3 nitrogen and oxygen atoms in total. The second-order valence-electron chi connectivity index (χ2n) is 7.12. The van der Waals surface area contributed by atoms with Crippen LogP contribution in [0.4, 0.5) is 17.6 Å². The first-order valence-corrected chi connectivity index (χ1v) is 9.56. The zero-order valence-electron chi connectivity index (χ0n) is 15.2. The minimum atomic E-state index is -4.86. The third kappa shape index (κ3) is 4.15. The smallest absolute Gasteiger partial charge is 0.320 e. The molecule has 1 saturated carbocycles. The quantitative estimate of drug-likeness (QED) is 0.642. The third-order valence-electron chi connectivity index (χ3n) is 4.59. The van der Waals surface area contributed by atoms with Gasteiger partial charge in [0.05, 0.1) is 11.1 Å². The minimum absolute atomic E-state index is 0.227. The van der Waals surface area contributed by atoms with Gasteiger partial charge in [-0.2, -0.15) is 18.2 Å². The molecule has 1 aromatic carbocycles. The number of rotatable bonds is 4. The first-order chi connectivity index (χ1) is 12.6. The lowest BCUT2D eigenvalue weighted by atomic mass is 10.1. The molecule has 0 bridgehead atoms. The zero-order valence-corrected chi connectivity index (χ0v) is 16.0. The molecule has 1 aromatic heterocycles. The second kappa shape index (κ2) is 7.22. The van der Waals surface area contributed by atoms with Crippen molar-refractivity contribution in [3.05, 3.63) is 50.5 Å². The number of alkyl halides is 3. The molecule has 0 spiro atoms. The van der Waals surface area contributed by atoms with E-state index >= 15 is 0 Å². The first kappa shape index (κ1) is 19.8. The number of aromatic nitrogens is 1. The molecule has 1 fully saturated rings. The molecule has 1 aliphatic carbocycles. The van der Waals surface area contributed by atoms with Crippen LogP contribution in [0, 0.1) is 18.7 Å². The Morgan fingerprint density at radius 3 is 2.56 bits per heavy atom. The SMILES string of the molecule is Cc1c(C(C)C)sc(=NC(=O)c2cccc(C(F)(F)F)c2F)n1CC1CC1. The van der Waals surface area contributed by atoms with Crippen LogP contribution in [0.15, 0.2) is 23.2 Å². The van der Waals surface area contributed by atoms with E-state index in [1.807, 2.05) is 25.3 Å². The molecular formula is C19H20F4N2OS. The molecule has 2 aromatic rings. The summed E-state index contributed by atoms with van der Waals surface area (Å²) in [5.41, 5.74) is -1.13. The first-order valence-electron chi connectivity index (χ1n) is 8.74. The van der Waals surface area contributed by atoms with Crippen molar-refractivity contribution in [2.75, 3.05) is 0 Å². The molecule has 1 amide bonds. The highest BCUT2D eigenvalue weighted by molar-refractivity contribution is 7.09. The maximum Gasteiger partial charge on any atom is 0.419 e. The van der Waals surface area contributed by atoms with Gasteiger partial charge in [0.1, 0.15) is 5.82 Å². The fraction of sp³-hybridized carbons (Fsp3) is 0.474. The molecule has 8 heteroatoms. The highest BCUT2D eigenvalue weighted by Crippen LogP contribution is 2.33.